The Morgan fingerprint density at radius 2 is 1.67 bits per heavy atom. The summed E-state index contributed by atoms with van der Waals surface area (Å²) in [6, 6.07) is 34.0. The first-order valence-corrected chi connectivity index (χ1v) is 22.5. The van der Waals surface area contributed by atoms with Crippen LogP contribution in [-0.2, 0) is 33.0 Å². The number of carbonyl (C=O) groups excluding carboxylic acids is 2. The predicted molar refractivity (Wildman–Crippen MR) is 215 cm³/mol. The number of rotatable bonds is 11. The molecule has 10 nitrogen and oxygen atoms in total. The highest BCUT2D eigenvalue weighted by molar-refractivity contribution is 6.91. The maximum Gasteiger partial charge on any atom is 0.264 e. The monoisotopic (exact) mass is 755 g/mol. The lowest BCUT2D eigenvalue weighted by Crippen LogP contribution is -2.51. The summed E-state index contributed by atoms with van der Waals surface area (Å²) in [5.74, 6) is 0.787. The van der Waals surface area contributed by atoms with Gasteiger partial charge in [0.2, 0.25) is 5.91 Å². The SMILES string of the molecule is COc1ccc([Si](C)(C)[C@H]2[C@H](CCn3cc([C@H](O)c4ccccc4)nn3)O[C@@]3(C(=O)N(Cc4ccc(N5CCCCC5=O)cc4)c4ccccc43)[C@@H]2C)cc1. The molecule has 1 aromatic heterocycles. The third-order valence-electron chi connectivity index (χ3n) is 12.2. The van der Waals surface area contributed by atoms with Gasteiger partial charge in [0.05, 0.1) is 39.7 Å². The van der Waals surface area contributed by atoms with E-state index in [1.54, 1.807) is 18.0 Å². The fourth-order valence-electron chi connectivity index (χ4n) is 9.35. The second kappa shape index (κ2) is 14.9. The fourth-order valence-corrected chi connectivity index (χ4v) is 13.4. The Balaban J connectivity index is 1.11. The van der Waals surface area contributed by atoms with Gasteiger partial charge in [0.15, 0.2) is 5.60 Å². The zero-order valence-electron chi connectivity index (χ0n) is 32.0. The minimum absolute atomic E-state index is 0.0439. The summed E-state index contributed by atoms with van der Waals surface area (Å²) in [6.07, 6.45) is 3.80. The first kappa shape index (κ1) is 36.9. The molecule has 11 heteroatoms. The Morgan fingerprint density at radius 1 is 0.945 bits per heavy atom. The molecule has 8 rings (SSSR count). The number of benzene rings is 4. The molecular formula is C44H49N5O5Si. The molecule has 5 aromatic rings. The Kier molecular flexibility index (Phi) is 9.95. The standard InChI is InChI=1S/C44H49N5O5Si/c1-30-42(55(3,4)35-23-21-34(53-2)22-24-35)39(25-27-47-29-37(45-46-47)41(51)32-12-6-5-7-13-32)54-44(30)36-14-8-9-15-38(36)49(43(44)52)28-31-17-19-33(20-18-31)48-26-11-10-16-40(48)50/h5-9,12-15,17-24,29-30,39,41-42,51H,10-11,16,25-28H2,1-4H3/t30-,39+,41-,42-,44+/m1/s1. The van der Waals surface area contributed by atoms with Crippen molar-refractivity contribution in [2.24, 2.45) is 5.92 Å². The van der Waals surface area contributed by atoms with Gasteiger partial charge in [-0.3, -0.25) is 14.3 Å². The molecule has 0 radical (unpaired) electrons. The molecule has 0 unspecified atom stereocenters. The van der Waals surface area contributed by atoms with E-state index in [2.05, 4.69) is 48.5 Å². The number of amides is 2. The van der Waals surface area contributed by atoms with E-state index in [0.29, 0.717) is 31.6 Å². The second-order valence-corrected chi connectivity index (χ2v) is 20.4. The molecule has 0 saturated carbocycles. The number of anilines is 2. The summed E-state index contributed by atoms with van der Waals surface area (Å²) in [7, 11) is -0.663. The number of nitrogens with zero attached hydrogens (tertiary/aromatic N) is 5. The fraction of sp³-hybridized carbons (Fsp3) is 0.364. The van der Waals surface area contributed by atoms with Gasteiger partial charge in [-0.1, -0.05) is 103 Å². The second-order valence-electron chi connectivity index (χ2n) is 15.7. The predicted octanol–water partition coefficient (Wildman–Crippen LogP) is 6.74. The minimum atomic E-state index is -2.34. The van der Waals surface area contributed by atoms with Crippen molar-refractivity contribution in [2.45, 2.75) is 82.1 Å². The molecule has 4 aromatic carbocycles. The minimum Gasteiger partial charge on any atom is -0.497 e. The molecule has 2 fully saturated rings. The van der Waals surface area contributed by atoms with Gasteiger partial charge in [0.1, 0.15) is 17.5 Å². The third-order valence-corrected chi connectivity index (χ3v) is 16.6. The highest BCUT2D eigenvalue weighted by Gasteiger charge is 2.66. The smallest absolute Gasteiger partial charge is 0.264 e. The molecule has 3 aliphatic rings. The summed E-state index contributed by atoms with van der Waals surface area (Å²) in [4.78, 5) is 31.5. The average molecular weight is 756 g/mol. The molecule has 2 saturated heterocycles. The highest BCUT2D eigenvalue weighted by atomic mass is 28.3. The molecule has 1 N–H and O–H groups in total. The van der Waals surface area contributed by atoms with Gasteiger partial charge in [-0.15, -0.1) is 5.10 Å². The Hall–Kier alpha value is -5.10. The van der Waals surface area contributed by atoms with Crippen LogP contribution in [0, 0.1) is 5.92 Å². The molecule has 1 spiro atoms. The number of ether oxygens (including phenoxy) is 2. The van der Waals surface area contributed by atoms with Crippen LogP contribution in [0.15, 0.2) is 109 Å². The van der Waals surface area contributed by atoms with E-state index in [4.69, 9.17) is 9.47 Å². The highest BCUT2D eigenvalue weighted by Crippen LogP contribution is 2.60. The molecule has 5 atom stereocenters. The number of aromatic nitrogens is 3. The number of aliphatic hydroxyl groups excluding tert-OH is 1. The van der Waals surface area contributed by atoms with E-state index in [0.717, 1.165) is 53.2 Å². The first-order chi connectivity index (χ1) is 26.6. The van der Waals surface area contributed by atoms with E-state index in [9.17, 15) is 9.90 Å². The Labute approximate surface area is 323 Å². The van der Waals surface area contributed by atoms with Gasteiger partial charge in [-0.25, -0.2) is 0 Å². The summed E-state index contributed by atoms with van der Waals surface area (Å²) >= 11 is 0. The number of para-hydroxylation sites is 1. The molecule has 0 aliphatic carbocycles. The molecule has 0 bridgehead atoms. The normalized spacial score (nSPS) is 23.0. The summed E-state index contributed by atoms with van der Waals surface area (Å²) < 4.78 is 14.6. The maximum atomic E-state index is 15.2. The van der Waals surface area contributed by atoms with Gasteiger partial charge in [0.25, 0.3) is 5.91 Å². The van der Waals surface area contributed by atoms with Crippen LogP contribution >= 0.6 is 0 Å². The number of carbonyl (C=O) groups is 2. The maximum absolute atomic E-state index is 15.2. The van der Waals surface area contributed by atoms with Crippen LogP contribution in [0.5, 0.6) is 5.75 Å². The van der Waals surface area contributed by atoms with E-state index < -0.39 is 19.8 Å². The zero-order chi connectivity index (χ0) is 38.3. The van der Waals surface area contributed by atoms with Crippen LogP contribution in [0.2, 0.25) is 18.6 Å². The number of fused-ring (bicyclic) bond motifs is 2. The van der Waals surface area contributed by atoms with Crippen molar-refractivity contribution in [3.8, 4) is 5.75 Å². The van der Waals surface area contributed by atoms with Crippen molar-refractivity contribution in [3.05, 3.63) is 132 Å². The van der Waals surface area contributed by atoms with Crippen molar-refractivity contribution >= 4 is 36.4 Å². The number of piperidine rings is 1. The number of hydrogen-bond acceptors (Lipinski definition) is 7. The van der Waals surface area contributed by atoms with Gasteiger partial charge >= 0.3 is 0 Å². The number of methoxy groups -OCH3 is 1. The molecule has 55 heavy (non-hydrogen) atoms. The molecule has 284 valence electrons. The number of hydrogen-bond donors (Lipinski definition) is 1. The van der Waals surface area contributed by atoms with E-state index >= 15 is 4.79 Å². The summed E-state index contributed by atoms with van der Waals surface area (Å²) in [5.41, 5.74) is 3.80. The van der Waals surface area contributed by atoms with Crippen molar-refractivity contribution < 1.29 is 24.2 Å². The summed E-state index contributed by atoms with van der Waals surface area (Å²) in [5, 5.41) is 21.0. The van der Waals surface area contributed by atoms with Crippen molar-refractivity contribution in [1.29, 1.82) is 0 Å². The quantitative estimate of drug-likeness (QED) is 0.149. The van der Waals surface area contributed by atoms with Crippen molar-refractivity contribution in [1.82, 2.24) is 15.0 Å². The van der Waals surface area contributed by atoms with Crippen molar-refractivity contribution in [3.63, 3.8) is 0 Å². The zero-order valence-corrected chi connectivity index (χ0v) is 33.0. The van der Waals surface area contributed by atoms with Gasteiger partial charge < -0.3 is 24.4 Å². The largest absolute Gasteiger partial charge is 0.497 e. The third kappa shape index (κ3) is 6.57. The van der Waals surface area contributed by atoms with Crippen molar-refractivity contribution in [2.75, 3.05) is 23.5 Å². The first-order valence-electron chi connectivity index (χ1n) is 19.4. The molecular weight excluding hydrogens is 707 g/mol. The van der Waals surface area contributed by atoms with Crippen LogP contribution < -0.4 is 19.7 Å². The average Bonchev–Trinajstić information content (AvgIpc) is 3.88. The topological polar surface area (TPSA) is 110 Å². The lowest BCUT2D eigenvalue weighted by molar-refractivity contribution is -0.146. The molecule has 4 heterocycles. The molecule has 2 amide bonds. The van der Waals surface area contributed by atoms with Crippen LogP contribution in [-0.4, -0.2) is 59.7 Å². The van der Waals surface area contributed by atoms with Crippen LogP contribution in [0.3, 0.4) is 0 Å². The van der Waals surface area contributed by atoms with Gasteiger partial charge in [-0.2, -0.15) is 0 Å². The van der Waals surface area contributed by atoms with Crippen LogP contribution in [0.1, 0.15) is 61.1 Å². The number of aliphatic hydroxyl groups is 1. The van der Waals surface area contributed by atoms with E-state index in [1.165, 1.54) is 5.19 Å². The number of aryl methyl sites for hydroxylation is 1. The lowest BCUT2D eigenvalue weighted by Gasteiger charge is -2.37. The van der Waals surface area contributed by atoms with Crippen LogP contribution in [0.4, 0.5) is 11.4 Å². The Bertz CT molecular complexity index is 2160. The van der Waals surface area contributed by atoms with E-state index in [1.807, 2.05) is 94.7 Å². The van der Waals surface area contributed by atoms with Gasteiger partial charge in [0, 0.05) is 36.7 Å². The summed E-state index contributed by atoms with van der Waals surface area (Å²) in [6.45, 7) is 8.61. The van der Waals surface area contributed by atoms with Gasteiger partial charge in [-0.05, 0) is 66.3 Å². The molecule has 3 aliphatic heterocycles. The Morgan fingerprint density at radius 3 is 2.40 bits per heavy atom. The van der Waals surface area contributed by atoms with E-state index in [-0.39, 0.29) is 29.4 Å². The van der Waals surface area contributed by atoms with Crippen LogP contribution in [0.25, 0.3) is 0 Å². The lowest BCUT2D eigenvalue weighted by atomic mass is 9.82.